The number of nitrogens with one attached hydrogen (secondary N) is 2. The number of amides is 2. The minimum atomic E-state index is -1.16. The third kappa shape index (κ3) is 15.9. The van der Waals surface area contributed by atoms with Gasteiger partial charge in [0.2, 0.25) is 0 Å². The molecule has 0 fully saturated rings. The van der Waals surface area contributed by atoms with Crippen molar-refractivity contribution in [3.05, 3.63) is 0 Å². The van der Waals surface area contributed by atoms with Gasteiger partial charge < -0.3 is 60.6 Å². The van der Waals surface area contributed by atoms with Gasteiger partial charge in [0.15, 0.2) is 0 Å². The first kappa shape index (κ1) is 33.4. The third-order valence-electron chi connectivity index (χ3n) is 5.07. The van der Waals surface area contributed by atoms with Crippen LogP contribution in [0.15, 0.2) is 0 Å². The molecule has 0 rings (SSSR count). The maximum Gasteiger partial charge on any atom is 0.314 e. The van der Waals surface area contributed by atoms with E-state index in [4.69, 9.17) is 19.3 Å². The molecule has 0 spiro atoms. The van der Waals surface area contributed by atoms with Crippen LogP contribution < -0.4 is 10.6 Å². The molecule has 0 aromatic carbocycles. The molecule has 0 aliphatic carbocycles. The van der Waals surface area contributed by atoms with E-state index in [1.165, 1.54) is 0 Å². The zero-order valence-corrected chi connectivity index (χ0v) is 20.0. The Morgan fingerprint density at radius 2 is 1.09 bits per heavy atom. The minimum Gasteiger partial charge on any atom is -0.481 e. The number of carbonyl (C=O) groups excluding carboxylic acids is 1. The number of aliphatic carboxylic acids is 1. The van der Waals surface area contributed by atoms with Crippen molar-refractivity contribution >= 4 is 12.0 Å². The standard InChI is InChI=1S/C21H42N2O12/c24-6-16(7-25)33-13-21(14-34-17(8-26)9-27,15-35-18(10-28)11-29)12-23-20(32)22-5-3-1-2-4-19(30)31/h16-18,24-29H,1-15H2,(H,30,31)(H2,22,23,32). The van der Waals surface area contributed by atoms with E-state index in [1.54, 1.807) is 0 Å². The number of unbranched alkanes of at least 4 members (excludes halogenated alkanes) is 2. The Hall–Kier alpha value is -1.62. The molecule has 2 amide bonds. The molecule has 14 heteroatoms. The van der Waals surface area contributed by atoms with Gasteiger partial charge in [0, 0.05) is 19.5 Å². The van der Waals surface area contributed by atoms with Crippen molar-refractivity contribution in [1.29, 1.82) is 0 Å². The molecule has 9 N–H and O–H groups in total. The number of aliphatic hydroxyl groups excluding tert-OH is 6. The van der Waals surface area contributed by atoms with Crippen LogP contribution in [-0.2, 0) is 19.0 Å². The Bertz CT molecular complexity index is 502. The molecule has 0 bridgehead atoms. The lowest BCUT2D eigenvalue weighted by Crippen LogP contribution is -2.51. The van der Waals surface area contributed by atoms with E-state index in [0.29, 0.717) is 25.8 Å². The van der Waals surface area contributed by atoms with E-state index in [1.807, 2.05) is 0 Å². The zero-order chi connectivity index (χ0) is 26.5. The summed E-state index contributed by atoms with van der Waals surface area (Å²) >= 11 is 0. The van der Waals surface area contributed by atoms with Crippen LogP contribution in [0, 0.1) is 5.41 Å². The van der Waals surface area contributed by atoms with Crippen LogP contribution in [0.5, 0.6) is 0 Å². The molecule has 0 aliphatic heterocycles. The smallest absolute Gasteiger partial charge is 0.314 e. The van der Waals surface area contributed by atoms with Gasteiger partial charge in [0.1, 0.15) is 18.3 Å². The summed E-state index contributed by atoms with van der Waals surface area (Å²) in [6, 6.07) is -0.532. The lowest BCUT2D eigenvalue weighted by Gasteiger charge is -2.36. The fourth-order valence-electron chi connectivity index (χ4n) is 2.76. The Morgan fingerprint density at radius 1 is 0.657 bits per heavy atom. The summed E-state index contributed by atoms with van der Waals surface area (Å²) in [4.78, 5) is 22.8. The van der Waals surface area contributed by atoms with Crippen LogP contribution in [0.3, 0.4) is 0 Å². The highest BCUT2D eigenvalue weighted by atomic mass is 16.5. The molecule has 208 valence electrons. The van der Waals surface area contributed by atoms with Crippen LogP contribution >= 0.6 is 0 Å². The van der Waals surface area contributed by atoms with Crippen molar-refractivity contribution in [3.8, 4) is 0 Å². The highest BCUT2D eigenvalue weighted by Crippen LogP contribution is 2.22. The van der Waals surface area contributed by atoms with E-state index in [9.17, 15) is 40.2 Å². The highest BCUT2D eigenvalue weighted by molar-refractivity contribution is 5.73. The second kappa shape index (κ2) is 20.6. The van der Waals surface area contributed by atoms with Gasteiger partial charge in [-0.05, 0) is 12.8 Å². The van der Waals surface area contributed by atoms with Gasteiger partial charge in [-0.2, -0.15) is 0 Å². The molecule has 0 aromatic heterocycles. The first-order valence-corrected chi connectivity index (χ1v) is 11.5. The van der Waals surface area contributed by atoms with Crippen molar-refractivity contribution in [3.63, 3.8) is 0 Å². The predicted octanol–water partition coefficient (Wildman–Crippen LogP) is -2.97. The number of urea groups is 1. The number of hydrogen-bond donors (Lipinski definition) is 9. The van der Waals surface area contributed by atoms with Gasteiger partial charge >= 0.3 is 12.0 Å². The molecule has 0 heterocycles. The van der Waals surface area contributed by atoms with Gasteiger partial charge in [-0.15, -0.1) is 0 Å². The molecular formula is C21H42N2O12. The molecule has 0 radical (unpaired) electrons. The van der Waals surface area contributed by atoms with E-state index in [-0.39, 0.29) is 32.8 Å². The lowest BCUT2D eigenvalue weighted by atomic mass is 9.90. The molecule has 0 aliphatic rings. The number of carboxylic acid groups (broad SMARTS) is 1. The number of aliphatic hydroxyl groups is 6. The summed E-state index contributed by atoms with van der Waals surface area (Å²) in [5.74, 6) is -0.877. The van der Waals surface area contributed by atoms with Crippen molar-refractivity contribution < 1.29 is 59.5 Å². The van der Waals surface area contributed by atoms with E-state index in [0.717, 1.165) is 0 Å². The van der Waals surface area contributed by atoms with Crippen molar-refractivity contribution in [2.24, 2.45) is 5.41 Å². The summed E-state index contributed by atoms with van der Waals surface area (Å²) < 4.78 is 16.7. The quantitative estimate of drug-likeness (QED) is 0.0623. The molecule has 14 nitrogen and oxygen atoms in total. The maximum absolute atomic E-state index is 12.3. The van der Waals surface area contributed by atoms with Gasteiger partial charge in [0.05, 0.1) is 64.9 Å². The highest BCUT2D eigenvalue weighted by Gasteiger charge is 2.35. The van der Waals surface area contributed by atoms with Gasteiger partial charge in [-0.3, -0.25) is 4.79 Å². The van der Waals surface area contributed by atoms with Gasteiger partial charge in [0.25, 0.3) is 0 Å². The maximum atomic E-state index is 12.3. The number of carbonyl (C=O) groups is 2. The number of rotatable bonds is 23. The van der Waals surface area contributed by atoms with E-state index >= 15 is 0 Å². The van der Waals surface area contributed by atoms with Crippen LogP contribution in [-0.4, -0.2) is 139 Å². The molecule has 0 saturated carbocycles. The Morgan fingerprint density at radius 3 is 1.46 bits per heavy atom. The number of carboxylic acids is 1. The first-order chi connectivity index (χ1) is 16.8. The SMILES string of the molecule is O=C(O)CCCCCNC(=O)NCC(COC(CO)CO)(COC(CO)CO)COC(CO)CO. The summed E-state index contributed by atoms with van der Waals surface area (Å²) in [7, 11) is 0. The monoisotopic (exact) mass is 514 g/mol. The normalized spacial score (nSPS) is 12.0. The van der Waals surface area contributed by atoms with Gasteiger partial charge in [-0.1, -0.05) is 6.42 Å². The Labute approximate surface area is 204 Å². The van der Waals surface area contributed by atoms with Crippen LogP contribution in [0.4, 0.5) is 4.79 Å². The van der Waals surface area contributed by atoms with Gasteiger partial charge in [-0.25, -0.2) is 4.79 Å². The van der Waals surface area contributed by atoms with E-state index < -0.39 is 75.4 Å². The Balaban J connectivity index is 5.23. The fraction of sp³-hybridized carbons (Fsp3) is 0.905. The third-order valence-corrected chi connectivity index (χ3v) is 5.07. The van der Waals surface area contributed by atoms with Crippen molar-refractivity contribution in [2.45, 2.75) is 44.0 Å². The van der Waals surface area contributed by atoms with Crippen LogP contribution in [0.2, 0.25) is 0 Å². The average molecular weight is 515 g/mol. The molecule has 0 unspecified atom stereocenters. The summed E-state index contributed by atoms with van der Waals surface area (Å²) in [6.07, 6.45) is -1.00. The first-order valence-electron chi connectivity index (χ1n) is 11.5. The topological polar surface area (TPSA) is 227 Å². The fourth-order valence-corrected chi connectivity index (χ4v) is 2.76. The second-order valence-corrected chi connectivity index (χ2v) is 8.21. The summed E-state index contributed by atoms with van der Waals surface area (Å²) in [5, 5.41) is 69.9. The molecule has 0 aromatic rings. The number of ether oxygens (including phenoxy) is 3. The molecule has 35 heavy (non-hydrogen) atoms. The van der Waals surface area contributed by atoms with Crippen LogP contribution in [0.1, 0.15) is 25.7 Å². The zero-order valence-electron chi connectivity index (χ0n) is 20.0. The lowest BCUT2D eigenvalue weighted by molar-refractivity contribution is -0.138. The van der Waals surface area contributed by atoms with Crippen molar-refractivity contribution in [2.75, 3.05) is 72.6 Å². The van der Waals surface area contributed by atoms with E-state index in [2.05, 4.69) is 10.6 Å². The Kier molecular flexibility index (Phi) is 19.6. The largest absolute Gasteiger partial charge is 0.481 e. The van der Waals surface area contributed by atoms with Crippen molar-refractivity contribution in [1.82, 2.24) is 10.6 Å². The molecule has 0 atom stereocenters. The minimum absolute atomic E-state index is 0.0583. The second-order valence-electron chi connectivity index (χ2n) is 8.21. The summed E-state index contributed by atoms with van der Waals surface area (Å²) in [5.41, 5.74) is -1.16. The molecule has 0 saturated heterocycles. The molecular weight excluding hydrogens is 472 g/mol. The van der Waals surface area contributed by atoms with Crippen LogP contribution in [0.25, 0.3) is 0 Å². The predicted molar refractivity (Wildman–Crippen MR) is 122 cm³/mol. The average Bonchev–Trinajstić information content (AvgIpc) is 2.86. The number of hydrogen-bond acceptors (Lipinski definition) is 11. The summed E-state index contributed by atoms with van der Waals surface area (Å²) in [6.45, 7) is -3.23.